The number of aromatic nitrogens is 2. The summed E-state index contributed by atoms with van der Waals surface area (Å²) >= 11 is 0. The summed E-state index contributed by atoms with van der Waals surface area (Å²) in [5.74, 6) is 0.177. The molecule has 0 amide bonds. The molecule has 3 aromatic rings. The van der Waals surface area contributed by atoms with E-state index < -0.39 is 17.7 Å². The number of hydrogen-bond donors (Lipinski definition) is 2. The normalized spacial score (nSPS) is 11.0. The molecular weight excluding hydrogens is 373 g/mol. The van der Waals surface area contributed by atoms with Gasteiger partial charge in [0.05, 0.1) is 18.2 Å². The first kappa shape index (κ1) is 19.2. The lowest BCUT2D eigenvalue weighted by atomic mass is 10.2. The van der Waals surface area contributed by atoms with Crippen molar-refractivity contribution in [3.63, 3.8) is 0 Å². The van der Waals surface area contributed by atoms with Crippen LogP contribution in [-0.4, -0.2) is 23.0 Å². The standard InChI is InChI=1S/C19H15F3N4O2/c1-28-17(27)12-3-2-4-15(11-12)24-16-9-10-23-18(26-16)25-14-7-5-13(6-8-14)19(20,21)22/h2-11H,1H3,(H2,23,24,25,26). The third-order valence-corrected chi connectivity index (χ3v) is 3.68. The third-order valence-electron chi connectivity index (χ3n) is 3.68. The summed E-state index contributed by atoms with van der Waals surface area (Å²) in [6.07, 6.45) is -2.90. The molecule has 0 saturated carbocycles. The summed E-state index contributed by atoms with van der Waals surface area (Å²) in [6.45, 7) is 0. The van der Waals surface area contributed by atoms with Crippen LogP contribution in [0.4, 0.5) is 36.3 Å². The summed E-state index contributed by atoms with van der Waals surface area (Å²) in [4.78, 5) is 19.9. The van der Waals surface area contributed by atoms with Gasteiger partial charge in [0.1, 0.15) is 5.82 Å². The van der Waals surface area contributed by atoms with Gasteiger partial charge in [-0.05, 0) is 48.5 Å². The van der Waals surface area contributed by atoms with E-state index in [1.807, 2.05) is 0 Å². The molecule has 0 aliphatic heterocycles. The molecule has 0 unspecified atom stereocenters. The van der Waals surface area contributed by atoms with Crippen LogP contribution >= 0.6 is 0 Å². The van der Waals surface area contributed by atoms with Gasteiger partial charge in [-0.25, -0.2) is 9.78 Å². The first-order valence-corrected chi connectivity index (χ1v) is 8.08. The highest BCUT2D eigenvalue weighted by Gasteiger charge is 2.29. The van der Waals surface area contributed by atoms with Crippen molar-refractivity contribution in [2.24, 2.45) is 0 Å². The van der Waals surface area contributed by atoms with Crippen molar-refractivity contribution in [3.8, 4) is 0 Å². The van der Waals surface area contributed by atoms with E-state index in [1.54, 1.807) is 30.3 Å². The number of alkyl halides is 3. The Bertz CT molecular complexity index is 975. The lowest BCUT2D eigenvalue weighted by Crippen LogP contribution is -2.05. The minimum atomic E-state index is -4.39. The van der Waals surface area contributed by atoms with Crippen molar-refractivity contribution in [1.82, 2.24) is 9.97 Å². The molecule has 0 saturated heterocycles. The third kappa shape index (κ3) is 4.76. The Labute approximate surface area is 158 Å². The second-order valence-electron chi connectivity index (χ2n) is 5.66. The lowest BCUT2D eigenvalue weighted by molar-refractivity contribution is -0.137. The second kappa shape index (κ2) is 7.95. The van der Waals surface area contributed by atoms with Gasteiger partial charge in [-0.1, -0.05) is 6.07 Å². The number of esters is 1. The number of nitrogens with zero attached hydrogens (tertiary/aromatic N) is 2. The van der Waals surface area contributed by atoms with Crippen LogP contribution in [0.25, 0.3) is 0 Å². The van der Waals surface area contributed by atoms with Crippen molar-refractivity contribution in [3.05, 3.63) is 71.9 Å². The average Bonchev–Trinajstić information content (AvgIpc) is 2.67. The van der Waals surface area contributed by atoms with Gasteiger partial charge in [-0.3, -0.25) is 0 Å². The number of carbonyl (C=O) groups excluding carboxylic acids is 1. The molecule has 0 atom stereocenters. The highest BCUT2D eigenvalue weighted by atomic mass is 19.4. The zero-order valence-electron chi connectivity index (χ0n) is 14.6. The largest absolute Gasteiger partial charge is 0.465 e. The number of nitrogens with one attached hydrogen (secondary N) is 2. The van der Waals surface area contributed by atoms with Crippen molar-refractivity contribution < 1.29 is 22.7 Å². The molecule has 9 heteroatoms. The number of benzene rings is 2. The maximum Gasteiger partial charge on any atom is 0.416 e. The number of hydrogen-bond acceptors (Lipinski definition) is 6. The smallest absolute Gasteiger partial charge is 0.416 e. The molecule has 1 heterocycles. The first-order valence-electron chi connectivity index (χ1n) is 8.08. The quantitative estimate of drug-likeness (QED) is 0.614. The van der Waals surface area contributed by atoms with Crippen LogP contribution < -0.4 is 10.6 Å². The molecule has 0 aliphatic rings. The summed E-state index contributed by atoms with van der Waals surface area (Å²) < 4.78 is 42.6. The zero-order valence-corrected chi connectivity index (χ0v) is 14.6. The minimum Gasteiger partial charge on any atom is -0.465 e. The van der Waals surface area contributed by atoms with Crippen molar-refractivity contribution in [1.29, 1.82) is 0 Å². The monoisotopic (exact) mass is 388 g/mol. The van der Waals surface area contributed by atoms with Crippen LogP contribution in [0.5, 0.6) is 0 Å². The van der Waals surface area contributed by atoms with Gasteiger partial charge in [0.25, 0.3) is 0 Å². The molecular formula is C19H15F3N4O2. The molecule has 28 heavy (non-hydrogen) atoms. The fourth-order valence-corrected chi connectivity index (χ4v) is 2.35. The van der Waals surface area contributed by atoms with E-state index in [9.17, 15) is 18.0 Å². The Hall–Kier alpha value is -3.62. The first-order chi connectivity index (χ1) is 13.3. The predicted octanol–water partition coefficient (Wildman–Crippen LogP) is 4.77. The van der Waals surface area contributed by atoms with Gasteiger partial charge in [0.15, 0.2) is 0 Å². The number of rotatable bonds is 5. The van der Waals surface area contributed by atoms with E-state index in [1.165, 1.54) is 25.4 Å². The molecule has 0 fully saturated rings. The highest BCUT2D eigenvalue weighted by molar-refractivity contribution is 5.90. The molecule has 0 aliphatic carbocycles. The maximum atomic E-state index is 12.6. The average molecular weight is 388 g/mol. The lowest BCUT2D eigenvalue weighted by Gasteiger charge is -2.10. The van der Waals surface area contributed by atoms with Crippen molar-refractivity contribution in [2.75, 3.05) is 17.7 Å². The summed E-state index contributed by atoms with van der Waals surface area (Å²) in [5, 5.41) is 5.87. The molecule has 0 spiro atoms. The van der Waals surface area contributed by atoms with Gasteiger partial charge in [-0.2, -0.15) is 18.2 Å². The number of anilines is 4. The Kier molecular flexibility index (Phi) is 5.44. The van der Waals surface area contributed by atoms with Crippen LogP contribution in [-0.2, 0) is 10.9 Å². The summed E-state index contributed by atoms with van der Waals surface area (Å²) in [7, 11) is 1.30. The topological polar surface area (TPSA) is 76.1 Å². The Morgan fingerprint density at radius 1 is 1.00 bits per heavy atom. The van der Waals surface area contributed by atoms with E-state index in [-0.39, 0.29) is 5.95 Å². The second-order valence-corrected chi connectivity index (χ2v) is 5.66. The van der Waals surface area contributed by atoms with Crippen LogP contribution in [0.2, 0.25) is 0 Å². The summed E-state index contributed by atoms with van der Waals surface area (Å²) in [5.41, 5.74) is 0.671. The zero-order chi connectivity index (χ0) is 20.1. The molecule has 2 N–H and O–H groups in total. The molecule has 0 bridgehead atoms. The van der Waals surface area contributed by atoms with Gasteiger partial charge < -0.3 is 15.4 Å². The fourth-order valence-electron chi connectivity index (χ4n) is 2.35. The van der Waals surface area contributed by atoms with Crippen LogP contribution in [0, 0.1) is 0 Å². The molecule has 6 nitrogen and oxygen atoms in total. The van der Waals surface area contributed by atoms with E-state index in [0.29, 0.717) is 22.8 Å². The SMILES string of the molecule is COC(=O)c1cccc(Nc2ccnc(Nc3ccc(C(F)(F)F)cc3)n2)c1. The van der Waals surface area contributed by atoms with Gasteiger partial charge >= 0.3 is 12.1 Å². The van der Waals surface area contributed by atoms with E-state index in [0.717, 1.165) is 12.1 Å². The Balaban J connectivity index is 1.73. The maximum absolute atomic E-state index is 12.6. The van der Waals surface area contributed by atoms with Crippen molar-refractivity contribution in [2.45, 2.75) is 6.18 Å². The van der Waals surface area contributed by atoms with E-state index in [2.05, 4.69) is 25.3 Å². The summed E-state index contributed by atoms with van der Waals surface area (Å²) in [6, 6.07) is 12.8. The number of methoxy groups -OCH3 is 1. The fraction of sp³-hybridized carbons (Fsp3) is 0.105. The highest BCUT2D eigenvalue weighted by Crippen LogP contribution is 2.30. The Morgan fingerprint density at radius 2 is 1.75 bits per heavy atom. The number of carbonyl (C=O) groups is 1. The number of halogens is 3. The van der Waals surface area contributed by atoms with Crippen LogP contribution in [0.1, 0.15) is 15.9 Å². The Morgan fingerprint density at radius 3 is 2.43 bits per heavy atom. The minimum absolute atomic E-state index is 0.203. The predicted molar refractivity (Wildman–Crippen MR) is 97.8 cm³/mol. The molecule has 1 aromatic heterocycles. The van der Waals surface area contributed by atoms with Crippen LogP contribution in [0.15, 0.2) is 60.8 Å². The van der Waals surface area contributed by atoms with Gasteiger partial charge in [0.2, 0.25) is 5.95 Å². The molecule has 2 aromatic carbocycles. The van der Waals surface area contributed by atoms with Gasteiger partial charge in [0, 0.05) is 17.6 Å². The van der Waals surface area contributed by atoms with E-state index >= 15 is 0 Å². The number of ether oxygens (including phenoxy) is 1. The molecule has 144 valence electrons. The molecule has 3 rings (SSSR count). The molecule has 0 radical (unpaired) electrons. The van der Waals surface area contributed by atoms with Crippen LogP contribution in [0.3, 0.4) is 0 Å². The van der Waals surface area contributed by atoms with Gasteiger partial charge in [-0.15, -0.1) is 0 Å². The van der Waals surface area contributed by atoms with E-state index in [4.69, 9.17) is 0 Å². The van der Waals surface area contributed by atoms with Crippen molar-refractivity contribution >= 4 is 29.1 Å².